The average Bonchev–Trinajstić information content (AvgIpc) is 3.42. The van der Waals surface area contributed by atoms with Gasteiger partial charge < -0.3 is 10.5 Å². The van der Waals surface area contributed by atoms with Crippen LogP contribution >= 0.6 is 11.8 Å². The third kappa shape index (κ3) is 6.20. The first-order chi connectivity index (χ1) is 13.0. The van der Waals surface area contributed by atoms with Crippen molar-refractivity contribution in [2.75, 3.05) is 6.61 Å². The second kappa shape index (κ2) is 8.82. The van der Waals surface area contributed by atoms with Gasteiger partial charge in [0.2, 0.25) is 0 Å². The van der Waals surface area contributed by atoms with Crippen molar-refractivity contribution in [1.29, 1.82) is 0 Å². The first-order valence-corrected chi connectivity index (χ1v) is 9.45. The molecule has 0 saturated heterocycles. The predicted octanol–water partition coefficient (Wildman–Crippen LogP) is 6.29. The molecule has 0 bridgehead atoms. The number of ether oxygens (including phenoxy) is 1. The molecule has 1 aromatic carbocycles. The van der Waals surface area contributed by atoms with Crippen LogP contribution in [0.1, 0.15) is 31.2 Å². The van der Waals surface area contributed by atoms with Crippen LogP contribution in [0.5, 0.6) is 5.75 Å². The van der Waals surface area contributed by atoms with E-state index in [-0.39, 0.29) is 30.3 Å². The molecule has 1 aliphatic rings. The van der Waals surface area contributed by atoms with Crippen molar-refractivity contribution in [3.05, 3.63) is 53.5 Å². The number of hydrogen-bond donors (Lipinski definition) is 1. The van der Waals surface area contributed by atoms with Crippen molar-refractivity contribution in [2.45, 2.75) is 42.9 Å². The Kier molecular flexibility index (Phi) is 7.14. The first kappa shape index (κ1) is 22.7. The van der Waals surface area contributed by atoms with Crippen molar-refractivity contribution in [2.24, 2.45) is 11.7 Å². The third-order valence-electron chi connectivity index (χ3n) is 4.12. The molecule has 1 aromatic rings. The highest BCUT2D eigenvalue weighted by molar-refractivity contribution is 8.04. The van der Waals surface area contributed by atoms with Gasteiger partial charge in [-0.1, -0.05) is 42.6 Å². The Labute approximate surface area is 163 Å². The van der Waals surface area contributed by atoms with E-state index < -0.39 is 23.6 Å². The molecule has 1 fully saturated rings. The van der Waals surface area contributed by atoms with Crippen LogP contribution in [-0.2, 0) is 4.87 Å². The highest BCUT2D eigenvalue weighted by Gasteiger charge is 2.55. The summed E-state index contributed by atoms with van der Waals surface area (Å²) in [6, 6.07) is 4.95. The molecule has 0 spiro atoms. The first-order valence-electron chi connectivity index (χ1n) is 8.63. The Balaban J connectivity index is 2.11. The van der Waals surface area contributed by atoms with E-state index in [0.717, 1.165) is 12.8 Å². The van der Waals surface area contributed by atoms with Gasteiger partial charge in [-0.05, 0) is 47.8 Å². The lowest BCUT2D eigenvalue weighted by Crippen LogP contribution is -2.47. The number of alkyl halides is 6. The number of nitrogens with two attached hydrogens (primary N) is 1. The normalized spacial score (nSPS) is 17.9. The highest BCUT2D eigenvalue weighted by atomic mass is 32.2. The second-order valence-electron chi connectivity index (χ2n) is 6.51. The summed E-state index contributed by atoms with van der Waals surface area (Å²) in [5.41, 5.74) is 5.65. The Hall–Kier alpha value is -1.61. The van der Waals surface area contributed by atoms with Gasteiger partial charge in [0.15, 0.2) is 4.87 Å². The maximum Gasteiger partial charge on any atom is 0.420 e. The topological polar surface area (TPSA) is 35.2 Å². The molecule has 1 aliphatic carbocycles. The molecule has 1 atom stereocenters. The zero-order valence-corrected chi connectivity index (χ0v) is 15.8. The molecule has 1 saturated carbocycles. The standard InChI is InChI=1S/C19H21F6NOS/c1-2-4-16(13-5-6-13)28-18(26,19(23,24)25)14-7-9-15(10-8-14)27-12-3-11-17(20,21)22/h2,4,7-10,13H,1,3,5-6,11-12,26H2/b16-4-/t18-/m1/s1. The zero-order chi connectivity index (χ0) is 21.0. The number of hydrogen-bond acceptors (Lipinski definition) is 3. The van der Waals surface area contributed by atoms with E-state index in [1.807, 2.05) is 0 Å². The van der Waals surface area contributed by atoms with E-state index in [1.54, 1.807) is 6.08 Å². The van der Waals surface area contributed by atoms with Gasteiger partial charge in [-0.25, -0.2) is 0 Å². The Morgan fingerprint density at radius 1 is 1.14 bits per heavy atom. The summed E-state index contributed by atoms with van der Waals surface area (Å²) < 4.78 is 82.9. The predicted molar refractivity (Wildman–Crippen MR) is 97.7 cm³/mol. The summed E-state index contributed by atoms with van der Waals surface area (Å²) in [6.07, 6.45) is -5.60. The molecule has 0 amide bonds. The molecule has 9 heteroatoms. The zero-order valence-electron chi connectivity index (χ0n) is 14.9. The monoisotopic (exact) mass is 425 g/mol. The van der Waals surface area contributed by atoms with Crippen LogP contribution in [0.15, 0.2) is 47.9 Å². The molecule has 2 N–H and O–H groups in total. The van der Waals surface area contributed by atoms with Crippen molar-refractivity contribution in [1.82, 2.24) is 0 Å². The summed E-state index contributed by atoms with van der Waals surface area (Å²) in [7, 11) is 0. The van der Waals surface area contributed by atoms with Gasteiger partial charge in [-0.15, -0.1) is 0 Å². The highest BCUT2D eigenvalue weighted by Crippen LogP contribution is 2.53. The molecule has 0 unspecified atom stereocenters. The van der Waals surface area contributed by atoms with Gasteiger partial charge in [0.25, 0.3) is 0 Å². The minimum absolute atomic E-state index is 0.0597. The van der Waals surface area contributed by atoms with Crippen molar-refractivity contribution in [3.8, 4) is 5.75 Å². The maximum absolute atomic E-state index is 13.8. The van der Waals surface area contributed by atoms with Crippen molar-refractivity contribution in [3.63, 3.8) is 0 Å². The van der Waals surface area contributed by atoms with Gasteiger partial charge in [0.1, 0.15) is 5.75 Å². The fourth-order valence-corrected chi connectivity index (χ4v) is 3.77. The van der Waals surface area contributed by atoms with Gasteiger partial charge in [0, 0.05) is 6.42 Å². The minimum atomic E-state index is -4.72. The van der Waals surface area contributed by atoms with Crippen LogP contribution < -0.4 is 10.5 Å². The quantitative estimate of drug-likeness (QED) is 0.218. The lowest BCUT2D eigenvalue weighted by molar-refractivity contribution is -0.160. The summed E-state index contributed by atoms with van der Waals surface area (Å²) in [6.45, 7) is 3.35. The van der Waals surface area contributed by atoms with Crippen LogP contribution in [0.4, 0.5) is 26.3 Å². The van der Waals surface area contributed by atoms with Gasteiger partial charge in [0.05, 0.1) is 6.61 Å². The van der Waals surface area contributed by atoms with E-state index in [9.17, 15) is 26.3 Å². The average molecular weight is 425 g/mol. The van der Waals surface area contributed by atoms with Crippen molar-refractivity contribution < 1.29 is 31.1 Å². The van der Waals surface area contributed by atoms with E-state index in [1.165, 1.54) is 30.3 Å². The summed E-state index contributed by atoms with van der Waals surface area (Å²) in [5.74, 6) is 0.244. The van der Waals surface area contributed by atoms with Crippen LogP contribution in [0.2, 0.25) is 0 Å². The van der Waals surface area contributed by atoms with E-state index in [0.29, 0.717) is 16.7 Å². The molecular weight excluding hydrogens is 404 g/mol. The Morgan fingerprint density at radius 3 is 2.21 bits per heavy atom. The lowest BCUT2D eigenvalue weighted by Gasteiger charge is -2.32. The van der Waals surface area contributed by atoms with Gasteiger partial charge in [-0.2, -0.15) is 26.3 Å². The molecule has 0 aliphatic heterocycles. The summed E-state index contributed by atoms with van der Waals surface area (Å²) >= 11 is 0.554. The SMILES string of the molecule is C=C/C=C(\S[C@](N)(c1ccc(OCCCC(F)(F)F)cc1)C(F)(F)F)C1CC1. The molecule has 156 valence electrons. The molecule has 2 rings (SSSR count). The third-order valence-corrected chi connectivity index (χ3v) is 5.61. The van der Waals surface area contributed by atoms with E-state index in [4.69, 9.17) is 10.5 Å². The van der Waals surface area contributed by atoms with E-state index >= 15 is 0 Å². The second-order valence-corrected chi connectivity index (χ2v) is 7.83. The van der Waals surface area contributed by atoms with Crippen LogP contribution in [0.3, 0.4) is 0 Å². The fraction of sp³-hybridized carbons (Fsp3) is 0.474. The number of allylic oxidation sites excluding steroid dienone is 3. The lowest BCUT2D eigenvalue weighted by atomic mass is 10.1. The van der Waals surface area contributed by atoms with E-state index in [2.05, 4.69) is 6.58 Å². The maximum atomic E-state index is 13.8. The molecule has 28 heavy (non-hydrogen) atoms. The van der Waals surface area contributed by atoms with Crippen LogP contribution in [0, 0.1) is 5.92 Å². The Morgan fingerprint density at radius 2 is 1.75 bits per heavy atom. The molecule has 0 aromatic heterocycles. The number of benzene rings is 1. The van der Waals surface area contributed by atoms with Crippen LogP contribution in [-0.4, -0.2) is 19.0 Å². The number of rotatable bonds is 9. The molecule has 2 nitrogen and oxygen atoms in total. The van der Waals surface area contributed by atoms with Gasteiger partial charge >= 0.3 is 12.4 Å². The minimum Gasteiger partial charge on any atom is -0.494 e. The fourth-order valence-electron chi connectivity index (χ4n) is 2.47. The Bertz CT molecular complexity index is 694. The largest absolute Gasteiger partial charge is 0.494 e. The number of halogens is 6. The van der Waals surface area contributed by atoms with Gasteiger partial charge in [-0.3, -0.25) is 0 Å². The smallest absolute Gasteiger partial charge is 0.420 e. The van der Waals surface area contributed by atoms with Crippen LogP contribution in [0.25, 0.3) is 0 Å². The summed E-state index contributed by atoms with van der Waals surface area (Å²) in [5, 5.41) is 0. The molecule has 0 radical (unpaired) electrons. The van der Waals surface area contributed by atoms with Crippen molar-refractivity contribution >= 4 is 11.8 Å². The summed E-state index contributed by atoms with van der Waals surface area (Å²) in [4.78, 5) is -2.12. The number of thioether (sulfide) groups is 1. The molecular formula is C19H21F6NOS. The molecule has 0 heterocycles.